The van der Waals surface area contributed by atoms with Gasteiger partial charge in [0.05, 0.1) is 24.3 Å². The number of amides is 1. The number of rotatable bonds is 8. The van der Waals surface area contributed by atoms with Gasteiger partial charge in [0.25, 0.3) is 0 Å². The molecule has 1 aromatic heterocycles. The van der Waals surface area contributed by atoms with Crippen molar-refractivity contribution in [2.75, 3.05) is 20.3 Å². The first-order valence-corrected chi connectivity index (χ1v) is 12.0. The van der Waals surface area contributed by atoms with Crippen LogP contribution in [-0.2, 0) is 21.7 Å². The maximum atomic E-state index is 12.1. The van der Waals surface area contributed by atoms with Crippen LogP contribution < -0.4 is 14.8 Å². The van der Waals surface area contributed by atoms with Crippen LogP contribution in [0.1, 0.15) is 44.7 Å². The van der Waals surface area contributed by atoms with Crippen LogP contribution in [0.4, 0.5) is 4.79 Å². The van der Waals surface area contributed by atoms with Crippen LogP contribution in [0.2, 0.25) is 5.02 Å². The molecule has 1 N–H and O–H groups in total. The number of carbonyl (C=O) groups excluding carboxylic acids is 1. The second-order valence-electron chi connectivity index (χ2n) is 9.57. The quantitative estimate of drug-likeness (QED) is 0.410. The molecule has 186 valence electrons. The van der Waals surface area contributed by atoms with Crippen LogP contribution in [0.5, 0.6) is 11.5 Å². The van der Waals surface area contributed by atoms with Gasteiger partial charge < -0.3 is 24.3 Å². The second kappa shape index (κ2) is 10.3. The maximum absolute atomic E-state index is 12.1. The van der Waals surface area contributed by atoms with E-state index < -0.39 is 17.3 Å². The highest BCUT2D eigenvalue weighted by atomic mass is 35.5. The molecule has 1 amide bonds. The Morgan fingerprint density at radius 3 is 2.57 bits per heavy atom. The standard InChI is InChI=1S/C27H31ClN2O5/c1-26(2,3)35-25(31)30-13-10-27(11-14-34-27)21-15-20-22(28)9-12-29-23(20)16-24(21)33-17-18-5-7-19(32-4)8-6-18/h5-9,12,15-16H,10-11,13-14,17H2,1-4H3,(H,30,31). The first-order valence-electron chi connectivity index (χ1n) is 11.6. The fourth-order valence-corrected chi connectivity index (χ4v) is 4.28. The van der Waals surface area contributed by atoms with Crippen molar-refractivity contribution in [3.63, 3.8) is 0 Å². The molecule has 0 aliphatic carbocycles. The van der Waals surface area contributed by atoms with Crippen molar-refractivity contribution in [2.24, 2.45) is 0 Å². The van der Waals surface area contributed by atoms with Crippen LogP contribution in [0.25, 0.3) is 10.9 Å². The summed E-state index contributed by atoms with van der Waals surface area (Å²) in [4.78, 5) is 16.6. The smallest absolute Gasteiger partial charge is 0.407 e. The van der Waals surface area contributed by atoms with E-state index in [4.69, 9.17) is 30.5 Å². The number of benzene rings is 2. The molecular formula is C27H31ClN2O5. The van der Waals surface area contributed by atoms with E-state index in [0.29, 0.717) is 37.0 Å². The molecule has 8 heteroatoms. The predicted molar refractivity (Wildman–Crippen MR) is 135 cm³/mol. The molecule has 0 saturated carbocycles. The highest BCUT2D eigenvalue weighted by Gasteiger charge is 2.42. The highest BCUT2D eigenvalue weighted by molar-refractivity contribution is 6.35. The van der Waals surface area contributed by atoms with Crippen molar-refractivity contribution in [1.82, 2.24) is 10.3 Å². The Morgan fingerprint density at radius 1 is 1.20 bits per heavy atom. The average Bonchev–Trinajstić information content (AvgIpc) is 2.78. The number of pyridine rings is 1. The minimum absolute atomic E-state index is 0.370. The van der Waals surface area contributed by atoms with E-state index in [1.807, 2.05) is 57.2 Å². The van der Waals surface area contributed by atoms with Gasteiger partial charge >= 0.3 is 6.09 Å². The number of hydrogen-bond acceptors (Lipinski definition) is 6. The maximum Gasteiger partial charge on any atom is 0.407 e. The van der Waals surface area contributed by atoms with Crippen molar-refractivity contribution < 1.29 is 23.7 Å². The van der Waals surface area contributed by atoms with Gasteiger partial charge in [0.1, 0.15) is 29.3 Å². The average molecular weight is 499 g/mol. The van der Waals surface area contributed by atoms with Crippen molar-refractivity contribution in [1.29, 1.82) is 0 Å². The topological polar surface area (TPSA) is 78.9 Å². The third-order valence-electron chi connectivity index (χ3n) is 5.92. The molecule has 4 rings (SSSR count). The largest absolute Gasteiger partial charge is 0.497 e. The van der Waals surface area contributed by atoms with E-state index in [-0.39, 0.29) is 0 Å². The SMILES string of the molecule is COc1ccc(COc2cc3nccc(Cl)c3cc2C2(CCNC(=O)OC(C)(C)C)CCO2)cc1. The van der Waals surface area contributed by atoms with E-state index in [1.165, 1.54) is 0 Å². The fourth-order valence-electron chi connectivity index (χ4n) is 4.07. The number of nitrogens with zero attached hydrogens (tertiary/aromatic N) is 1. The number of halogens is 1. The molecule has 1 aliphatic rings. The predicted octanol–water partition coefficient (Wildman–Crippen LogP) is 6.01. The summed E-state index contributed by atoms with van der Waals surface area (Å²) in [6.45, 7) is 6.90. The summed E-state index contributed by atoms with van der Waals surface area (Å²) in [5.41, 5.74) is 1.49. The molecule has 2 aromatic carbocycles. The molecule has 1 saturated heterocycles. The number of fused-ring (bicyclic) bond motifs is 1. The Hall–Kier alpha value is -3.03. The van der Waals surface area contributed by atoms with Gasteiger partial charge in [-0.3, -0.25) is 4.98 Å². The minimum atomic E-state index is -0.600. The van der Waals surface area contributed by atoms with E-state index in [0.717, 1.165) is 34.2 Å². The van der Waals surface area contributed by atoms with Crippen LogP contribution in [0.15, 0.2) is 48.7 Å². The molecule has 3 aromatic rings. The number of alkyl carbamates (subject to hydrolysis) is 1. The summed E-state index contributed by atoms with van der Waals surface area (Å²) in [6.07, 6.45) is 2.59. The number of ether oxygens (including phenoxy) is 4. The lowest BCUT2D eigenvalue weighted by Gasteiger charge is -2.43. The third-order valence-corrected chi connectivity index (χ3v) is 6.24. The molecule has 1 unspecified atom stereocenters. The minimum Gasteiger partial charge on any atom is -0.497 e. The van der Waals surface area contributed by atoms with Gasteiger partial charge in [-0.25, -0.2) is 4.79 Å². The van der Waals surface area contributed by atoms with Crippen LogP contribution in [0.3, 0.4) is 0 Å². The van der Waals surface area contributed by atoms with Gasteiger partial charge in [0.15, 0.2) is 0 Å². The van der Waals surface area contributed by atoms with Crippen molar-refractivity contribution in [2.45, 2.75) is 51.4 Å². The third kappa shape index (κ3) is 5.97. The number of aromatic nitrogens is 1. The Balaban J connectivity index is 1.59. The molecule has 1 fully saturated rings. The van der Waals surface area contributed by atoms with Gasteiger partial charge in [-0.2, -0.15) is 0 Å². The first kappa shape index (κ1) is 25.1. The lowest BCUT2D eigenvalue weighted by Crippen LogP contribution is -2.44. The summed E-state index contributed by atoms with van der Waals surface area (Å²) >= 11 is 6.49. The zero-order valence-corrected chi connectivity index (χ0v) is 21.3. The van der Waals surface area contributed by atoms with Gasteiger partial charge in [-0.05, 0) is 57.0 Å². The molecule has 2 heterocycles. The van der Waals surface area contributed by atoms with Crippen molar-refractivity contribution in [3.05, 3.63) is 64.8 Å². The van der Waals surface area contributed by atoms with Crippen molar-refractivity contribution >= 4 is 28.6 Å². The summed E-state index contributed by atoms with van der Waals surface area (Å²) in [5.74, 6) is 1.47. The van der Waals surface area contributed by atoms with Gasteiger partial charge in [-0.1, -0.05) is 23.7 Å². The first-order chi connectivity index (χ1) is 16.7. The molecule has 1 atom stereocenters. The second-order valence-corrected chi connectivity index (χ2v) is 9.97. The lowest BCUT2D eigenvalue weighted by molar-refractivity contribution is -0.158. The fraction of sp³-hybridized carbons (Fsp3) is 0.407. The van der Waals surface area contributed by atoms with E-state index in [1.54, 1.807) is 19.4 Å². The van der Waals surface area contributed by atoms with Gasteiger partial charge in [0.2, 0.25) is 0 Å². The number of nitrogens with one attached hydrogen (secondary N) is 1. The molecule has 1 aliphatic heterocycles. The Kier molecular flexibility index (Phi) is 7.38. The Labute approximate surface area is 210 Å². The monoisotopic (exact) mass is 498 g/mol. The molecule has 7 nitrogen and oxygen atoms in total. The van der Waals surface area contributed by atoms with Crippen LogP contribution in [0, 0.1) is 0 Å². The van der Waals surface area contributed by atoms with Gasteiger partial charge in [-0.15, -0.1) is 0 Å². The molecular weight excluding hydrogens is 468 g/mol. The normalized spacial score (nSPS) is 17.5. The summed E-state index contributed by atoms with van der Waals surface area (Å²) in [7, 11) is 1.64. The molecule has 0 radical (unpaired) electrons. The Bertz CT molecular complexity index is 1190. The van der Waals surface area contributed by atoms with E-state index in [9.17, 15) is 4.79 Å². The molecule has 0 spiro atoms. The lowest BCUT2D eigenvalue weighted by atomic mass is 9.82. The number of carbonyl (C=O) groups is 1. The Morgan fingerprint density at radius 2 is 1.94 bits per heavy atom. The van der Waals surface area contributed by atoms with Crippen molar-refractivity contribution in [3.8, 4) is 11.5 Å². The summed E-state index contributed by atoms with van der Waals surface area (Å²) < 4.78 is 23.1. The zero-order chi connectivity index (χ0) is 25.1. The highest BCUT2D eigenvalue weighted by Crippen LogP contribution is 2.46. The van der Waals surface area contributed by atoms with E-state index in [2.05, 4.69) is 10.3 Å². The zero-order valence-electron chi connectivity index (χ0n) is 20.5. The number of methoxy groups -OCH3 is 1. The summed E-state index contributed by atoms with van der Waals surface area (Å²) in [6, 6.07) is 13.4. The van der Waals surface area contributed by atoms with Gasteiger partial charge in [0, 0.05) is 36.2 Å². The summed E-state index contributed by atoms with van der Waals surface area (Å²) in [5, 5.41) is 4.28. The molecule has 0 bridgehead atoms. The molecule has 35 heavy (non-hydrogen) atoms. The van der Waals surface area contributed by atoms with Crippen LogP contribution in [-0.4, -0.2) is 36.9 Å². The number of hydrogen-bond donors (Lipinski definition) is 1. The van der Waals surface area contributed by atoms with E-state index >= 15 is 0 Å². The van der Waals surface area contributed by atoms with Crippen LogP contribution >= 0.6 is 11.6 Å².